The first kappa shape index (κ1) is 14.9. The quantitative estimate of drug-likeness (QED) is 0.745. The zero-order valence-corrected chi connectivity index (χ0v) is 12.0. The maximum absolute atomic E-state index is 12.4. The average molecular weight is 268 g/mol. The first-order valence-electron chi connectivity index (χ1n) is 6.15. The number of methoxy groups -OCH3 is 1. The van der Waals surface area contributed by atoms with Gasteiger partial charge in [-0.15, -0.1) is 0 Å². The molecule has 4 heteroatoms. The van der Waals surface area contributed by atoms with Crippen molar-refractivity contribution < 1.29 is 13.7 Å². The fourth-order valence-electron chi connectivity index (χ4n) is 1.67. The van der Waals surface area contributed by atoms with Crippen molar-refractivity contribution in [1.82, 2.24) is 0 Å². The van der Waals surface area contributed by atoms with E-state index in [9.17, 15) is 9.00 Å². The van der Waals surface area contributed by atoms with Gasteiger partial charge in [0.1, 0.15) is 5.25 Å². The molecule has 0 radical (unpaired) electrons. The van der Waals surface area contributed by atoms with Crippen molar-refractivity contribution in [3.63, 3.8) is 0 Å². The van der Waals surface area contributed by atoms with Crippen LogP contribution in [0.5, 0.6) is 0 Å². The summed E-state index contributed by atoms with van der Waals surface area (Å²) >= 11 is 0. The summed E-state index contributed by atoms with van der Waals surface area (Å²) in [6.45, 7) is 4.02. The molecule has 18 heavy (non-hydrogen) atoms. The summed E-state index contributed by atoms with van der Waals surface area (Å²) in [6.07, 6.45) is 2.44. The highest BCUT2D eigenvalue weighted by Crippen LogP contribution is 2.18. The molecule has 0 aromatic heterocycles. The smallest absolute Gasteiger partial charge is 0.321 e. The molecular formula is C14H20O3S. The zero-order valence-electron chi connectivity index (χ0n) is 11.1. The summed E-state index contributed by atoms with van der Waals surface area (Å²) in [5.74, 6) is -0.387. The van der Waals surface area contributed by atoms with Crippen molar-refractivity contribution in [3.05, 3.63) is 29.8 Å². The predicted molar refractivity (Wildman–Crippen MR) is 72.9 cm³/mol. The van der Waals surface area contributed by atoms with Crippen LogP contribution in [0.3, 0.4) is 0 Å². The molecule has 1 aromatic carbocycles. The highest BCUT2D eigenvalue weighted by atomic mass is 32.2. The van der Waals surface area contributed by atoms with Gasteiger partial charge >= 0.3 is 5.97 Å². The van der Waals surface area contributed by atoms with Crippen molar-refractivity contribution in [3.8, 4) is 0 Å². The summed E-state index contributed by atoms with van der Waals surface area (Å²) in [7, 11) is 0.00543. The summed E-state index contributed by atoms with van der Waals surface area (Å²) in [4.78, 5) is 12.4. The van der Waals surface area contributed by atoms with Crippen LogP contribution >= 0.6 is 0 Å². The Morgan fingerprint density at radius 1 is 1.33 bits per heavy atom. The van der Waals surface area contributed by atoms with Crippen LogP contribution < -0.4 is 0 Å². The largest absolute Gasteiger partial charge is 0.468 e. The molecule has 0 fully saturated rings. The SMILES string of the molecule is CCCCC(C(=O)OC)S(=O)c1ccc(C)cc1. The number of ether oxygens (including phenoxy) is 1. The van der Waals surface area contributed by atoms with E-state index in [-0.39, 0.29) is 5.97 Å². The third-order valence-electron chi connectivity index (χ3n) is 2.80. The molecule has 1 rings (SSSR count). The summed E-state index contributed by atoms with van der Waals surface area (Å²) in [5, 5.41) is -0.558. The molecule has 2 unspecified atom stereocenters. The van der Waals surface area contributed by atoms with Crippen LogP contribution in [-0.4, -0.2) is 22.5 Å². The number of hydrogen-bond acceptors (Lipinski definition) is 3. The molecule has 0 aliphatic rings. The number of unbranched alkanes of at least 4 members (excludes halogenated alkanes) is 1. The highest BCUT2D eigenvalue weighted by Gasteiger charge is 2.26. The minimum absolute atomic E-state index is 0.387. The summed E-state index contributed by atoms with van der Waals surface area (Å²) in [5.41, 5.74) is 1.11. The third-order valence-corrected chi connectivity index (χ3v) is 4.48. The second-order valence-electron chi connectivity index (χ2n) is 4.26. The van der Waals surface area contributed by atoms with Gasteiger partial charge in [0.2, 0.25) is 0 Å². The topological polar surface area (TPSA) is 43.4 Å². The third kappa shape index (κ3) is 3.95. The number of carbonyl (C=O) groups is 1. The van der Waals surface area contributed by atoms with Crippen LogP contribution in [0.1, 0.15) is 31.7 Å². The molecular weight excluding hydrogens is 248 g/mol. The Labute approximate surface area is 111 Å². The molecule has 0 saturated carbocycles. The van der Waals surface area contributed by atoms with Crippen LogP contribution in [0.25, 0.3) is 0 Å². The van der Waals surface area contributed by atoms with Gasteiger partial charge in [-0.25, -0.2) is 0 Å². The van der Waals surface area contributed by atoms with Crippen molar-refractivity contribution >= 4 is 16.8 Å². The number of carbonyl (C=O) groups excluding carboxylic acids is 1. The van der Waals surface area contributed by atoms with Gasteiger partial charge in [-0.1, -0.05) is 37.5 Å². The maximum atomic E-state index is 12.4. The van der Waals surface area contributed by atoms with Gasteiger partial charge in [0.05, 0.1) is 17.9 Å². The molecule has 0 amide bonds. The Balaban J connectivity index is 2.87. The first-order valence-corrected chi connectivity index (χ1v) is 7.36. The van der Waals surface area contributed by atoms with E-state index in [4.69, 9.17) is 4.74 Å². The first-order chi connectivity index (χ1) is 8.60. The predicted octanol–water partition coefficient (Wildman–Crippen LogP) is 2.83. The number of aryl methyl sites for hydroxylation is 1. The lowest BCUT2D eigenvalue weighted by atomic mass is 10.2. The lowest BCUT2D eigenvalue weighted by Crippen LogP contribution is -2.27. The Bertz CT molecular complexity index is 412. The van der Waals surface area contributed by atoms with E-state index < -0.39 is 16.0 Å². The Hall–Kier alpha value is -1.16. The van der Waals surface area contributed by atoms with Crippen molar-refractivity contribution in [2.75, 3.05) is 7.11 Å². The van der Waals surface area contributed by atoms with Crippen LogP contribution in [0.15, 0.2) is 29.2 Å². The fourth-order valence-corrected chi connectivity index (χ4v) is 3.05. The van der Waals surface area contributed by atoms with Gasteiger partial charge in [0.15, 0.2) is 0 Å². The second kappa shape index (κ2) is 7.31. The molecule has 0 N–H and O–H groups in total. The van der Waals surface area contributed by atoms with Gasteiger partial charge in [-0.05, 0) is 25.5 Å². The molecule has 3 nitrogen and oxygen atoms in total. The van der Waals surface area contributed by atoms with E-state index in [0.29, 0.717) is 11.3 Å². The number of esters is 1. The molecule has 0 aliphatic heterocycles. The van der Waals surface area contributed by atoms with E-state index in [1.807, 2.05) is 38.1 Å². The van der Waals surface area contributed by atoms with Crippen molar-refractivity contribution in [2.24, 2.45) is 0 Å². The average Bonchev–Trinajstić information content (AvgIpc) is 2.39. The lowest BCUT2D eigenvalue weighted by Gasteiger charge is -2.14. The summed E-state index contributed by atoms with van der Waals surface area (Å²) in [6, 6.07) is 7.43. The molecule has 0 aliphatic carbocycles. The van der Waals surface area contributed by atoms with E-state index in [1.54, 1.807) is 0 Å². The molecule has 2 atom stereocenters. The van der Waals surface area contributed by atoms with Crippen LogP contribution in [0.4, 0.5) is 0 Å². The standard InChI is InChI=1S/C14H20O3S/c1-4-5-6-13(14(15)17-3)18(16)12-9-7-11(2)8-10-12/h7-10,13H,4-6H2,1-3H3. The Morgan fingerprint density at radius 3 is 2.44 bits per heavy atom. The monoisotopic (exact) mass is 268 g/mol. The van der Waals surface area contributed by atoms with Gasteiger partial charge in [0, 0.05) is 4.90 Å². The minimum Gasteiger partial charge on any atom is -0.468 e. The number of benzene rings is 1. The van der Waals surface area contributed by atoms with E-state index in [0.717, 1.165) is 18.4 Å². The Morgan fingerprint density at radius 2 is 1.94 bits per heavy atom. The van der Waals surface area contributed by atoms with Gasteiger partial charge in [-0.2, -0.15) is 0 Å². The normalized spacial score (nSPS) is 13.9. The van der Waals surface area contributed by atoms with Gasteiger partial charge < -0.3 is 4.74 Å². The molecule has 1 aromatic rings. The molecule has 0 heterocycles. The van der Waals surface area contributed by atoms with Crippen LogP contribution in [0, 0.1) is 6.92 Å². The van der Waals surface area contributed by atoms with Crippen molar-refractivity contribution in [2.45, 2.75) is 43.3 Å². The van der Waals surface area contributed by atoms with Gasteiger partial charge in [-0.3, -0.25) is 9.00 Å². The highest BCUT2D eigenvalue weighted by molar-refractivity contribution is 7.86. The van der Waals surface area contributed by atoms with E-state index >= 15 is 0 Å². The maximum Gasteiger partial charge on any atom is 0.321 e. The number of hydrogen-bond donors (Lipinski definition) is 0. The second-order valence-corrected chi connectivity index (χ2v) is 5.90. The van der Waals surface area contributed by atoms with Crippen molar-refractivity contribution in [1.29, 1.82) is 0 Å². The molecule has 0 saturated heterocycles. The van der Waals surface area contributed by atoms with Crippen LogP contribution in [-0.2, 0) is 20.3 Å². The molecule has 100 valence electrons. The minimum atomic E-state index is -1.34. The molecule has 0 spiro atoms. The zero-order chi connectivity index (χ0) is 13.5. The molecule has 0 bridgehead atoms. The van der Waals surface area contributed by atoms with E-state index in [1.165, 1.54) is 7.11 Å². The van der Waals surface area contributed by atoms with E-state index in [2.05, 4.69) is 0 Å². The lowest BCUT2D eigenvalue weighted by molar-refractivity contribution is -0.140. The Kier molecular flexibility index (Phi) is 6.05. The number of rotatable bonds is 6. The van der Waals surface area contributed by atoms with Crippen LogP contribution in [0.2, 0.25) is 0 Å². The van der Waals surface area contributed by atoms with Gasteiger partial charge in [0.25, 0.3) is 0 Å². The summed E-state index contributed by atoms with van der Waals surface area (Å²) < 4.78 is 17.1. The fraction of sp³-hybridized carbons (Fsp3) is 0.500.